The first-order valence-electron chi connectivity index (χ1n) is 8.93. The Morgan fingerprint density at radius 3 is 2.81 bits per heavy atom. The van der Waals surface area contributed by atoms with Gasteiger partial charge in [-0.05, 0) is 49.9 Å². The Balaban J connectivity index is 1.56. The molecule has 1 aromatic rings. The molecule has 2 aliphatic rings. The van der Waals surface area contributed by atoms with Gasteiger partial charge in [0.2, 0.25) is 10.0 Å². The molecule has 1 N–H and O–H groups in total. The fourth-order valence-electron chi connectivity index (χ4n) is 3.53. The van der Waals surface area contributed by atoms with Crippen LogP contribution in [-0.2, 0) is 30.7 Å². The van der Waals surface area contributed by atoms with Crippen molar-refractivity contribution in [2.24, 2.45) is 0 Å². The summed E-state index contributed by atoms with van der Waals surface area (Å²) in [5.41, 5.74) is 1.64. The molecular formula is C18H24N2O6S. The number of hydrogen-bond donors (Lipinski definition) is 1. The van der Waals surface area contributed by atoms with Crippen LogP contribution in [0.15, 0.2) is 18.2 Å². The number of fused-ring (bicyclic) bond motifs is 1. The van der Waals surface area contributed by atoms with E-state index in [1.165, 1.54) is 10.4 Å². The lowest BCUT2D eigenvalue weighted by atomic mass is 10.1. The molecule has 1 saturated heterocycles. The van der Waals surface area contributed by atoms with E-state index in [4.69, 9.17) is 9.47 Å². The molecule has 2 heterocycles. The number of benzene rings is 1. The summed E-state index contributed by atoms with van der Waals surface area (Å²) in [6.07, 6.45) is 3.61. The molecule has 1 fully saturated rings. The van der Waals surface area contributed by atoms with Crippen LogP contribution in [0.25, 0.3) is 0 Å². The third-order valence-electron chi connectivity index (χ3n) is 4.71. The molecule has 9 heteroatoms. The summed E-state index contributed by atoms with van der Waals surface area (Å²) in [6, 6.07) is 4.55. The van der Waals surface area contributed by atoms with Crippen molar-refractivity contribution in [3.63, 3.8) is 0 Å². The summed E-state index contributed by atoms with van der Waals surface area (Å²) < 4.78 is 35.7. The van der Waals surface area contributed by atoms with Gasteiger partial charge in [-0.2, -0.15) is 0 Å². The molecule has 0 bridgehead atoms. The minimum atomic E-state index is -3.38. The molecule has 0 radical (unpaired) electrons. The van der Waals surface area contributed by atoms with E-state index >= 15 is 0 Å². The Kier molecular flexibility index (Phi) is 5.71. The van der Waals surface area contributed by atoms with Crippen molar-refractivity contribution in [3.8, 4) is 0 Å². The minimum Gasteiger partial charge on any atom is -0.452 e. The van der Waals surface area contributed by atoms with Crippen molar-refractivity contribution >= 4 is 27.6 Å². The lowest BCUT2D eigenvalue weighted by Gasteiger charge is -2.21. The fourth-order valence-corrected chi connectivity index (χ4v) is 4.80. The van der Waals surface area contributed by atoms with Crippen molar-refractivity contribution in [1.29, 1.82) is 0 Å². The first kappa shape index (κ1) is 19.6. The average Bonchev–Trinajstić information content (AvgIpc) is 3.22. The zero-order valence-electron chi connectivity index (χ0n) is 15.4. The maximum absolute atomic E-state index is 12.2. The molecule has 0 unspecified atom stereocenters. The van der Waals surface area contributed by atoms with Gasteiger partial charge in [-0.15, -0.1) is 0 Å². The van der Waals surface area contributed by atoms with Gasteiger partial charge in [0, 0.05) is 19.2 Å². The summed E-state index contributed by atoms with van der Waals surface area (Å²) in [4.78, 5) is 24.0. The molecule has 0 spiro atoms. The Hall–Kier alpha value is -2.13. The molecule has 8 nitrogen and oxygen atoms in total. The SMILES string of the molecule is C[C@@H]1Cc2cc(C(=O)OCC(=O)NC[C@@H]3CCCO3)ccc2N1S(C)(=O)=O. The summed E-state index contributed by atoms with van der Waals surface area (Å²) in [5, 5.41) is 2.69. The summed E-state index contributed by atoms with van der Waals surface area (Å²) in [5.74, 6) is -0.993. The monoisotopic (exact) mass is 396 g/mol. The van der Waals surface area contributed by atoms with Crippen LogP contribution in [0.5, 0.6) is 0 Å². The van der Waals surface area contributed by atoms with E-state index < -0.39 is 16.0 Å². The van der Waals surface area contributed by atoms with Gasteiger partial charge in [-0.25, -0.2) is 13.2 Å². The van der Waals surface area contributed by atoms with Crippen LogP contribution in [0.2, 0.25) is 0 Å². The van der Waals surface area contributed by atoms with Crippen LogP contribution in [0.3, 0.4) is 0 Å². The summed E-state index contributed by atoms with van der Waals surface area (Å²) in [7, 11) is -3.38. The van der Waals surface area contributed by atoms with Crippen LogP contribution in [0.1, 0.15) is 35.7 Å². The lowest BCUT2D eigenvalue weighted by Crippen LogP contribution is -2.34. The third-order valence-corrected chi connectivity index (χ3v) is 5.98. The number of sulfonamides is 1. The van der Waals surface area contributed by atoms with Crippen LogP contribution >= 0.6 is 0 Å². The highest BCUT2D eigenvalue weighted by Gasteiger charge is 2.33. The molecule has 0 aliphatic carbocycles. The van der Waals surface area contributed by atoms with E-state index in [1.807, 2.05) is 6.92 Å². The van der Waals surface area contributed by atoms with Gasteiger partial charge in [-0.1, -0.05) is 0 Å². The van der Waals surface area contributed by atoms with Gasteiger partial charge in [0.15, 0.2) is 6.61 Å². The van der Waals surface area contributed by atoms with E-state index in [0.717, 1.165) is 24.7 Å². The van der Waals surface area contributed by atoms with Crippen molar-refractivity contribution in [3.05, 3.63) is 29.3 Å². The molecule has 3 rings (SSSR count). The highest BCUT2D eigenvalue weighted by atomic mass is 32.2. The van der Waals surface area contributed by atoms with Crippen molar-refractivity contribution < 1.29 is 27.5 Å². The van der Waals surface area contributed by atoms with Crippen LogP contribution in [0.4, 0.5) is 5.69 Å². The van der Waals surface area contributed by atoms with Gasteiger partial charge >= 0.3 is 5.97 Å². The van der Waals surface area contributed by atoms with Crippen LogP contribution < -0.4 is 9.62 Å². The third kappa shape index (κ3) is 4.59. The van der Waals surface area contributed by atoms with Crippen molar-refractivity contribution in [2.75, 3.05) is 30.3 Å². The zero-order valence-corrected chi connectivity index (χ0v) is 16.3. The second-order valence-corrected chi connectivity index (χ2v) is 8.83. The van der Waals surface area contributed by atoms with Crippen LogP contribution in [0, 0.1) is 0 Å². The Morgan fingerprint density at radius 2 is 2.15 bits per heavy atom. The number of nitrogens with zero attached hydrogens (tertiary/aromatic N) is 1. The zero-order chi connectivity index (χ0) is 19.6. The number of hydrogen-bond acceptors (Lipinski definition) is 6. The molecule has 1 amide bonds. The number of rotatable bonds is 6. The molecule has 1 aromatic carbocycles. The topological polar surface area (TPSA) is 102 Å². The van der Waals surface area contributed by atoms with Crippen LogP contribution in [-0.4, -0.2) is 58.5 Å². The maximum atomic E-state index is 12.2. The van der Waals surface area contributed by atoms with Gasteiger partial charge in [0.1, 0.15) is 0 Å². The predicted octanol–water partition coefficient (Wildman–Crippen LogP) is 0.849. The number of anilines is 1. The Labute approximate surface area is 158 Å². The first-order chi connectivity index (χ1) is 12.8. The number of ether oxygens (including phenoxy) is 2. The second-order valence-electron chi connectivity index (χ2n) is 6.97. The Bertz CT molecular complexity index is 832. The fraction of sp³-hybridized carbons (Fsp3) is 0.556. The molecule has 0 aromatic heterocycles. The van der Waals surface area contributed by atoms with Crippen molar-refractivity contribution in [1.82, 2.24) is 5.32 Å². The van der Waals surface area contributed by atoms with Gasteiger partial charge in [-0.3, -0.25) is 9.10 Å². The molecule has 148 valence electrons. The average molecular weight is 396 g/mol. The molecule has 2 atom stereocenters. The predicted molar refractivity (Wildman–Crippen MR) is 99.2 cm³/mol. The van der Waals surface area contributed by atoms with Gasteiger partial charge in [0.05, 0.1) is 23.6 Å². The number of nitrogens with one attached hydrogen (secondary N) is 1. The standard InChI is InChI=1S/C18H24N2O6S/c1-12-8-14-9-13(5-6-16(14)20(12)27(2,23)24)18(22)26-11-17(21)19-10-15-4-3-7-25-15/h5-6,9,12,15H,3-4,7-8,10-11H2,1-2H3,(H,19,21)/t12-,15+/m1/s1. The van der Waals surface area contributed by atoms with E-state index in [2.05, 4.69) is 5.32 Å². The van der Waals surface area contributed by atoms with E-state index in [-0.39, 0.29) is 24.7 Å². The normalized spacial score (nSPS) is 21.8. The van der Waals surface area contributed by atoms with Gasteiger partial charge < -0.3 is 14.8 Å². The van der Waals surface area contributed by atoms with Crippen molar-refractivity contribution in [2.45, 2.75) is 38.3 Å². The number of esters is 1. The molecular weight excluding hydrogens is 372 g/mol. The lowest BCUT2D eigenvalue weighted by molar-refractivity contribution is -0.124. The van der Waals surface area contributed by atoms with Gasteiger partial charge in [0.25, 0.3) is 5.91 Å². The van der Waals surface area contributed by atoms with E-state index in [9.17, 15) is 18.0 Å². The van der Waals surface area contributed by atoms with E-state index in [0.29, 0.717) is 30.8 Å². The summed E-state index contributed by atoms with van der Waals surface area (Å²) in [6.45, 7) is 2.57. The molecule has 0 saturated carbocycles. The smallest absolute Gasteiger partial charge is 0.338 e. The quantitative estimate of drug-likeness (QED) is 0.716. The number of amides is 1. The first-order valence-corrected chi connectivity index (χ1v) is 10.8. The highest BCUT2D eigenvalue weighted by Crippen LogP contribution is 2.34. The number of carbonyl (C=O) groups excluding carboxylic acids is 2. The maximum Gasteiger partial charge on any atom is 0.338 e. The second kappa shape index (κ2) is 7.85. The number of carbonyl (C=O) groups is 2. The van der Waals surface area contributed by atoms with E-state index in [1.54, 1.807) is 12.1 Å². The highest BCUT2D eigenvalue weighted by molar-refractivity contribution is 7.92. The minimum absolute atomic E-state index is 0.0288. The Morgan fingerprint density at radius 1 is 1.37 bits per heavy atom. The summed E-state index contributed by atoms with van der Waals surface area (Å²) >= 11 is 0. The molecule has 2 aliphatic heterocycles. The largest absolute Gasteiger partial charge is 0.452 e. The molecule has 27 heavy (non-hydrogen) atoms.